The van der Waals surface area contributed by atoms with Crippen molar-refractivity contribution in [1.82, 2.24) is 9.97 Å². The molecule has 4 nitrogen and oxygen atoms in total. The minimum Gasteiger partial charge on any atom is -0.454 e. The summed E-state index contributed by atoms with van der Waals surface area (Å²) >= 11 is 0. The van der Waals surface area contributed by atoms with Crippen molar-refractivity contribution in [1.29, 1.82) is 0 Å². The molecule has 1 aliphatic heterocycles. The lowest BCUT2D eigenvalue weighted by Gasteiger charge is -2.12. The van der Waals surface area contributed by atoms with Crippen LogP contribution in [-0.2, 0) is 0 Å². The maximum atomic E-state index is 5.80. The molecule has 2 heterocycles. The largest absolute Gasteiger partial charge is 0.454 e. The minimum atomic E-state index is 0.194. The summed E-state index contributed by atoms with van der Waals surface area (Å²) in [7, 11) is 0. The molecule has 0 fully saturated rings. The smallest absolute Gasteiger partial charge is 0.231 e. The van der Waals surface area contributed by atoms with Crippen LogP contribution in [0.5, 0.6) is 11.5 Å². The van der Waals surface area contributed by atoms with Crippen molar-refractivity contribution in [2.24, 2.45) is 0 Å². The van der Waals surface area contributed by atoms with E-state index in [1.54, 1.807) is 0 Å². The van der Waals surface area contributed by atoms with Gasteiger partial charge in [0.05, 0.1) is 11.4 Å². The number of ether oxygens (including phenoxy) is 2. The van der Waals surface area contributed by atoms with Gasteiger partial charge in [-0.2, -0.15) is 0 Å². The summed E-state index contributed by atoms with van der Waals surface area (Å²) in [5, 5.41) is 0. The molecular weight excluding hydrogens is 721 g/mol. The van der Waals surface area contributed by atoms with Crippen LogP contribution in [-0.4, -0.2) is 16.8 Å². The number of terminal acetylenes is 2. The maximum absolute atomic E-state index is 5.80. The van der Waals surface area contributed by atoms with Crippen molar-refractivity contribution in [2.75, 3.05) is 6.79 Å². The van der Waals surface area contributed by atoms with Crippen LogP contribution >= 0.6 is 0 Å². The summed E-state index contributed by atoms with van der Waals surface area (Å²) in [6, 6.07) is 54.5. The van der Waals surface area contributed by atoms with Gasteiger partial charge in [0.1, 0.15) is 0 Å². The fraction of sp³-hybridized carbons (Fsp3) is 0.0182. The van der Waals surface area contributed by atoms with Gasteiger partial charge in [-0.05, 0) is 140 Å². The Balaban J connectivity index is 1.08. The molecule has 274 valence electrons. The SMILES string of the molecule is C#Cc1cccc(/C=C2\c3ccccc3-c3ccc(-c4cc(-c5ccc6c(c5)OCO6)nc(-c5ccc6c(c5)/C(=C/c5cccc(C#C)c5)c5ccccc5-6)n4)cc32)c1. The molecule has 4 heteroatoms. The lowest BCUT2D eigenvalue weighted by atomic mass is 9.97. The van der Waals surface area contributed by atoms with E-state index in [9.17, 15) is 0 Å². The summed E-state index contributed by atoms with van der Waals surface area (Å²) in [6.45, 7) is 0.194. The highest BCUT2D eigenvalue weighted by Crippen LogP contribution is 2.48. The van der Waals surface area contributed by atoms with Crippen molar-refractivity contribution >= 4 is 23.3 Å². The Morgan fingerprint density at radius 2 is 0.915 bits per heavy atom. The van der Waals surface area contributed by atoms with Gasteiger partial charge in [0.2, 0.25) is 6.79 Å². The highest BCUT2D eigenvalue weighted by atomic mass is 16.7. The van der Waals surface area contributed by atoms with Gasteiger partial charge in [0.25, 0.3) is 0 Å². The number of rotatable bonds is 5. The van der Waals surface area contributed by atoms with E-state index in [-0.39, 0.29) is 6.79 Å². The van der Waals surface area contributed by atoms with Gasteiger partial charge in [-0.1, -0.05) is 109 Å². The van der Waals surface area contributed by atoms with Gasteiger partial charge in [-0.15, -0.1) is 12.8 Å². The van der Waals surface area contributed by atoms with Crippen molar-refractivity contribution in [2.45, 2.75) is 0 Å². The van der Waals surface area contributed by atoms with E-state index < -0.39 is 0 Å². The Morgan fingerprint density at radius 3 is 1.51 bits per heavy atom. The highest BCUT2D eigenvalue weighted by Gasteiger charge is 2.26. The summed E-state index contributed by atoms with van der Waals surface area (Å²) in [4.78, 5) is 10.6. The molecule has 0 saturated heterocycles. The zero-order chi connectivity index (χ0) is 39.5. The summed E-state index contributed by atoms with van der Waals surface area (Å²) in [6.07, 6.45) is 16.0. The Kier molecular flexibility index (Phi) is 7.97. The molecule has 0 N–H and O–H groups in total. The van der Waals surface area contributed by atoms with Gasteiger partial charge < -0.3 is 9.47 Å². The average Bonchev–Trinajstić information content (AvgIpc) is 3.98. The van der Waals surface area contributed by atoms with Crippen LogP contribution in [0.15, 0.2) is 158 Å². The zero-order valence-corrected chi connectivity index (χ0v) is 31.7. The maximum Gasteiger partial charge on any atom is 0.231 e. The van der Waals surface area contributed by atoms with E-state index in [0.717, 1.165) is 78.4 Å². The molecule has 0 saturated carbocycles. The number of aromatic nitrogens is 2. The first-order valence-electron chi connectivity index (χ1n) is 19.5. The second-order valence-electron chi connectivity index (χ2n) is 14.8. The molecule has 11 rings (SSSR count). The molecule has 0 unspecified atom stereocenters. The van der Waals surface area contributed by atoms with Crippen LogP contribution in [0.3, 0.4) is 0 Å². The molecule has 0 radical (unpaired) electrons. The highest BCUT2D eigenvalue weighted by molar-refractivity contribution is 6.08. The van der Waals surface area contributed by atoms with Crippen LogP contribution < -0.4 is 9.47 Å². The predicted molar refractivity (Wildman–Crippen MR) is 238 cm³/mol. The van der Waals surface area contributed by atoms with Gasteiger partial charge in [-0.3, -0.25) is 0 Å². The third-order valence-corrected chi connectivity index (χ3v) is 11.3. The molecule has 0 spiro atoms. The van der Waals surface area contributed by atoms with E-state index in [1.807, 2.05) is 48.5 Å². The molecule has 59 heavy (non-hydrogen) atoms. The number of hydrogen-bond acceptors (Lipinski definition) is 4. The summed E-state index contributed by atoms with van der Waals surface area (Å²) in [5.41, 5.74) is 19.8. The lowest BCUT2D eigenvalue weighted by Crippen LogP contribution is -1.97. The second-order valence-corrected chi connectivity index (χ2v) is 14.8. The van der Waals surface area contributed by atoms with Crippen molar-refractivity contribution in [3.63, 3.8) is 0 Å². The molecule has 0 amide bonds. The normalized spacial score (nSPS) is 14.0. The summed E-state index contributed by atoms with van der Waals surface area (Å²) < 4.78 is 11.5. The number of fused-ring (bicyclic) bond motifs is 7. The number of hydrogen-bond donors (Lipinski definition) is 0. The molecule has 2 aliphatic carbocycles. The van der Waals surface area contributed by atoms with Crippen molar-refractivity contribution in [3.05, 3.63) is 202 Å². The number of benzene rings is 7. The Bertz CT molecular complexity index is 3040. The van der Waals surface area contributed by atoms with Crippen LogP contribution in [0.1, 0.15) is 44.5 Å². The molecule has 3 aliphatic rings. The molecule has 7 aromatic carbocycles. The average molecular weight is 753 g/mol. The van der Waals surface area contributed by atoms with E-state index in [1.165, 1.54) is 33.4 Å². The fourth-order valence-corrected chi connectivity index (χ4v) is 8.51. The molecular formula is C55H32N2O2. The minimum absolute atomic E-state index is 0.194. The first-order valence-corrected chi connectivity index (χ1v) is 19.5. The van der Waals surface area contributed by atoms with Gasteiger partial charge in [0.15, 0.2) is 17.3 Å². The molecule has 8 aromatic rings. The van der Waals surface area contributed by atoms with Crippen LogP contribution in [0.4, 0.5) is 0 Å². The third-order valence-electron chi connectivity index (χ3n) is 11.3. The Labute approximate surface area is 342 Å². The van der Waals surface area contributed by atoms with E-state index >= 15 is 0 Å². The van der Waals surface area contributed by atoms with Crippen molar-refractivity contribution in [3.8, 4) is 92.3 Å². The van der Waals surface area contributed by atoms with E-state index in [2.05, 4.69) is 133 Å². The van der Waals surface area contributed by atoms with Gasteiger partial charge in [0, 0.05) is 27.8 Å². The van der Waals surface area contributed by atoms with Gasteiger partial charge >= 0.3 is 0 Å². The lowest BCUT2D eigenvalue weighted by molar-refractivity contribution is 0.174. The summed E-state index contributed by atoms with van der Waals surface area (Å²) in [5.74, 6) is 7.59. The van der Waals surface area contributed by atoms with Crippen LogP contribution in [0.25, 0.3) is 79.5 Å². The third kappa shape index (κ3) is 5.91. The quantitative estimate of drug-likeness (QED) is 0.164. The topological polar surface area (TPSA) is 44.2 Å². The van der Waals surface area contributed by atoms with E-state index in [4.69, 9.17) is 32.3 Å². The molecule has 1 aromatic heterocycles. The van der Waals surface area contributed by atoms with Crippen molar-refractivity contribution < 1.29 is 9.47 Å². The molecule has 0 bridgehead atoms. The standard InChI is InChI=1S/C55H32N2O2/c1-3-34-11-9-13-36(25-34)27-47-43-17-7-5-15-41(43)45-22-19-38(29-49(45)47)51-32-52(39-21-24-53-54(31-39)59-33-58-53)57-55(56-51)40-20-23-46-42-16-6-8-18-44(42)48(50(46)30-40)28-37-14-10-12-35(4-2)26-37/h1-2,5-32H,33H2/b47-27+,48-28+. The second kappa shape index (κ2) is 13.8. The Morgan fingerprint density at radius 1 is 0.424 bits per heavy atom. The Hall–Kier alpha value is -8.18. The predicted octanol–water partition coefficient (Wildman–Crippen LogP) is 12.3. The van der Waals surface area contributed by atoms with Crippen LogP contribution in [0.2, 0.25) is 0 Å². The first-order chi connectivity index (χ1) is 29.1. The molecule has 0 atom stereocenters. The zero-order valence-electron chi connectivity index (χ0n) is 31.7. The first kappa shape index (κ1) is 34.1. The fourth-order valence-electron chi connectivity index (χ4n) is 8.51. The van der Waals surface area contributed by atoms with Gasteiger partial charge in [-0.25, -0.2) is 9.97 Å². The number of nitrogens with zero attached hydrogens (tertiary/aromatic N) is 2. The monoisotopic (exact) mass is 752 g/mol. The van der Waals surface area contributed by atoms with E-state index in [0.29, 0.717) is 11.6 Å². The van der Waals surface area contributed by atoms with Crippen LogP contribution in [0, 0.1) is 24.7 Å².